The Labute approximate surface area is 136 Å². The number of hydrogen-bond donors (Lipinski definition) is 0. The second-order valence-corrected chi connectivity index (χ2v) is 5.83. The van der Waals surface area contributed by atoms with E-state index in [1.807, 2.05) is 13.8 Å². The number of aryl methyl sites for hydroxylation is 2. The highest BCUT2D eigenvalue weighted by Crippen LogP contribution is 2.25. The van der Waals surface area contributed by atoms with Crippen LogP contribution in [0.5, 0.6) is 0 Å². The zero-order chi connectivity index (χ0) is 15.6. The Morgan fingerprint density at radius 1 is 1.43 bits per heavy atom. The average molecular weight is 374 g/mol. The molecule has 0 saturated heterocycles. The molecule has 0 radical (unpaired) electrons. The van der Waals surface area contributed by atoms with Crippen molar-refractivity contribution in [3.05, 3.63) is 50.5 Å². The number of hydrogen-bond acceptors (Lipinski definition) is 2. The standard InChI is InChI=1S/C15H15BrClFN2O/c1-3-12-15(16)13(20(4-2)19-12)8-14(21)10-7-9(17)5-6-11(10)18/h5-7H,3-4,8H2,1-2H3. The van der Waals surface area contributed by atoms with Crippen LogP contribution in [0, 0.1) is 5.82 Å². The second-order valence-electron chi connectivity index (χ2n) is 4.60. The first kappa shape index (κ1) is 16.2. The topological polar surface area (TPSA) is 34.9 Å². The van der Waals surface area contributed by atoms with Gasteiger partial charge >= 0.3 is 0 Å². The van der Waals surface area contributed by atoms with Gasteiger partial charge in [-0.2, -0.15) is 5.10 Å². The van der Waals surface area contributed by atoms with Crippen molar-refractivity contribution in [3.63, 3.8) is 0 Å². The van der Waals surface area contributed by atoms with E-state index >= 15 is 0 Å². The molecule has 21 heavy (non-hydrogen) atoms. The monoisotopic (exact) mass is 372 g/mol. The summed E-state index contributed by atoms with van der Waals surface area (Å²) in [5, 5.41) is 4.78. The maximum absolute atomic E-state index is 13.8. The van der Waals surface area contributed by atoms with Crippen LogP contribution in [0.2, 0.25) is 5.02 Å². The summed E-state index contributed by atoms with van der Waals surface area (Å²) in [7, 11) is 0. The summed E-state index contributed by atoms with van der Waals surface area (Å²) in [4.78, 5) is 12.3. The van der Waals surface area contributed by atoms with Gasteiger partial charge in [0.1, 0.15) is 5.82 Å². The highest BCUT2D eigenvalue weighted by atomic mass is 79.9. The molecular weight excluding hydrogens is 359 g/mol. The van der Waals surface area contributed by atoms with Gasteiger partial charge in [0.25, 0.3) is 0 Å². The Hall–Kier alpha value is -1.20. The van der Waals surface area contributed by atoms with E-state index in [1.54, 1.807) is 4.68 Å². The Bertz CT molecular complexity index is 685. The molecule has 1 heterocycles. The molecule has 0 N–H and O–H groups in total. The number of carbonyl (C=O) groups is 1. The Balaban J connectivity index is 2.35. The van der Waals surface area contributed by atoms with Crippen molar-refractivity contribution >= 4 is 33.3 Å². The van der Waals surface area contributed by atoms with E-state index < -0.39 is 5.82 Å². The van der Waals surface area contributed by atoms with Gasteiger partial charge in [-0.1, -0.05) is 18.5 Å². The van der Waals surface area contributed by atoms with Crippen molar-refractivity contribution in [1.29, 1.82) is 0 Å². The maximum Gasteiger partial charge on any atom is 0.171 e. The Kier molecular flexibility index (Phi) is 5.17. The van der Waals surface area contributed by atoms with Crippen LogP contribution in [0.1, 0.15) is 35.6 Å². The number of rotatable bonds is 5. The minimum atomic E-state index is -0.557. The molecule has 0 amide bonds. The molecule has 0 aliphatic carbocycles. The Morgan fingerprint density at radius 3 is 2.76 bits per heavy atom. The van der Waals surface area contributed by atoms with Gasteiger partial charge in [-0.15, -0.1) is 0 Å². The summed E-state index contributed by atoms with van der Waals surface area (Å²) >= 11 is 9.32. The van der Waals surface area contributed by atoms with Gasteiger partial charge in [0.2, 0.25) is 0 Å². The van der Waals surface area contributed by atoms with Crippen molar-refractivity contribution in [2.24, 2.45) is 0 Å². The quantitative estimate of drug-likeness (QED) is 0.726. The summed E-state index contributed by atoms with van der Waals surface area (Å²) in [5.74, 6) is -0.869. The third kappa shape index (κ3) is 3.35. The van der Waals surface area contributed by atoms with Gasteiger partial charge in [0.05, 0.1) is 27.8 Å². The summed E-state index contributed by atoms with van der Waals surface area (Å²) < 4.78 is 16.4. The van der Waals surface area contributed by atoms with E-state index in [0.717, 1.165) is 22.3 Å². The lowest BCUT2D eigenvalue weighted by Gasteiger charge is -2.06. The summed E-state index contributed by atoms with van der Waals surface area (Å²) in [6.07, 6.45) is 0.846. The largest absolute Gasteiger partial charge is 0.294 e. The van der Waals surface area contributed by atoms with E-state index in [2.05, 4.69) is 21.0 Å². The second kappa shape index (κ2) is 6.71. The minimum Gasteiger partial charge on any atom is -0.294 e. The summed E-state index contributed by atoms with van der Waals surface area (Å²) in [5.41, 5.74) is 1.67. The van der Waals surface area contributed by atoms with E-state index in [9.17, 15) is 9.18 Å². The van der Waals surface area contributed by atoms with E-state index in [0.29, 0.717) is 11.6 Å². The van der Waals surface area contributed by atoms with Crippen molar-refractivity contribution in [1.82, 2.24) is 9.78 Å². The number of benzene rings is 1. The lowest BCUT2D eigenvalue weighted by molar-refractivity contribution is 0.0986. The molecule has 0 aliphatic rings. The molecule has 6 heteroatoms. The van der Waals surface area contributed by atoms with E-state index in [-0.39, 0.29) is 17.8 Å². The Morgan fingerprint density at radius 2 is 2.14 bits per heavy atom. The van der Waals surface area contributed by atoms with Crippen molar-refractivity contribution in [2.75, 3.05) is 0 Å². The van der Waals surface area contributed by atoms with Crippen LogP contribution in [0.15, 0.2) is 22.7 Å². The number of halogens is 3. The molecule has 1 aromatic carbocycles. The van der Waals surface area contributed by atoms with Gasteiger partial charge in [-0.05, 0) is 47.5 Å². The molecule has 0 aliphatic heterocycles. The number of Topliss-reactive ketones (excluding diaryl/α,β-unsaturated/α-hetero) is 1. The summed E-state index contributed by atoms with van der Waals surface area (Å²) in [6, 6.07) is 3.99. The van der Waals surface area contributed by atoms with Crippen LogP contribution in [0.25, 0.3) is 0 Å². The molecule has 0 bridgehead atoms. The van der Waals surface area contributed by atoms with Crippen molar-refractivity contribution < 1.29 is 9.18 Å². The number of nitrogens with zero attached hydrogens (tertiary/aromatic N) is 2. The zero-order valence-electron chi connectivity index (χ0n) is 11.8. The molecule has 0 unspecified atom stereocenters. The van der Waals surface area contributed by atoms with Crippen LogP contribution in [-0.4, -0.2) is 15.6 Å². The molecule has 0 fully saturated rings. The predicted molar refractivity (Wildman–Crippen MR) is 84.4 cm³/mol. The molecule has 2 rings (SSSR count). The molecule has 0 saturated carbocycles. The van der Waals surface area contributed by atoms with Gasteiger partial charge in [0.15, 0.2) is 5.78 Å². The maximum atomic E-state index is 13.8. The molecule has 3 nitrogen and oxygen atoms in total. The lowest BCUT2D eigenvalue weighted by Crippen LogP contribution is -2.11. The molecule has 112 valence electrons. The number of aromatic nitrogens is 2. The average Bonchev–Trinajstić information content (AvgIpc) is 2.77. The minimum absolute atomic E-state index is 0.0105. The van der Waals surface area contributed by atoms with Gasteiger partial charge < -0.3 is 0 Å². The van der Waals surface area contributed by atoms with Crippen LogP contribution in [0.3, 0.4) is 0 Å². The van der Waals surface area contributed by atoms with Gasteiger partial charge in [0, 0.05) is 11.6 Å². The third-order valence-corrected chi connectivity index (χ3v) is 4.40. The van der Waals surface area contributed by atoms with Gasteiger partial charge in [-0.3, -0.25) is 9.48 Å². The first-order valence-corrected chi connectivity index (χ1v) is 7.87. The molecule has 1 aromatic heterocycles. The highest BCUT2D eigenvalue weighted by Gasteiger charge is 2.20. The summed E-state index contributed by atoms with van der Waals surface area (Å²) in [6.45, 7) is 4.60. The van der Waals surface area contributed by atoms with Crippen molar-refractivity contribution in [3.8, 4) is 0 Å². The molecule has 0 spiro atoms. The molecule has 0 atom stereocenters. The van der Waals surface area contributed by atoms with Crippen molar-refractivity contribution in [2.45, 2.75) is 33.2 Å². The fourth-order valence-electron chi connectivity index (χ4n) is 2.14. The molecule has 2 aromatic rings. The predicted octanol–water partition coefficient (Wildman–Crippen LogP) is 4.45. The first-order chi connectivity index (χ1) is 9.97. The van der Waals surface area contributed by atoms with Gasteiger partial charge in [-0.25, -0.2) is 4.39 Å². The third-order valence-electron chi connectivity index (χ3n) is 3.25. The van der Waals surface area contributed by atoms with Crippen LogP contribution >= 0.6 is 27.5 Å². The highest BCUT2D eigenvalue weighted by molar-refractivity contribution is 9.10. The van der Waals surface area contributed by atoms with Crippen LogP contribution < -0.4 is 0 Å². The number of ketones is 1. The first-order valence-electron chi connectivity index (χ1n) is 6.70. The smallest absolute Gasteiger partial charge is 0.171 e. The van der Waals surface area contributed by atoms with E-state index in [1.165, 1.54) is 18.2 Å². The lowest BCUT2D eigenvalue weighted by atomic mass is 10.1. The van der Waals surface area contributed by atoms with E-state index in [4.69, 9.17) is 11.6 Å². The fourth-order valence-corrected chi connectivity index (χ4v) is 3.02. The van der Waals surface area contributed by atoms with Crippen LogP contribution in [0.4, 0.5) is 4.39 Å². The normalized spacial score (nSPS) is 10.9. The zero-order valence-corrected chi connectivity index (χ0v) is 14.1. The van der Waals surface area contributed by atoms with Crippen LogP contribution in [-0.2, 0) is 19.4 Å². The molecular formula is C15H15BrClFN2O. The number of carbonyl (C=O) groups excluding carboxylic acids is 1. The SMILES string of the molecule is CCc1nn(CC)c(CC(=O)c2cc(Cl)ccc2F)c1Br. The fraction of sp³-hybridized carbons (Fsp3) is 0.333.